The largest absolute Gasteiger partial charge is 0.490 e. The number of sulfonamides is 1. The third-order valence-electron chi connectivity index (χ3n) is 4.55. The first kappa shape index (κ1) is 18.8. The quantitative estimate of drug-likeness (QED) is 0.735. The highest BCUT2D eigenvalue weighted by atomic mass is 32.2. The zero-order chi connectivity index (χ0) is 19.6. The Kier molecular flexibility index (Phi) is 5.23. The van der Waals surface area contributed by atoms with E-state index < -0.39 is 10.0 Å². The van der Waals surface area contributed by atoms with Crippen LogP contribution >= 0.6 is 0 Å². The molecule has 28 heavy (non-hydrogen) atoms. The third kappa shape index (κ3) is 3.83. The van der Waals surface area contributed by atoms with Gasteiger partial charge in [0, 0.05) is 19.0 Å². The van der Waals surface area contributed by atoms with E-state index in [1.54, 1.807) is 12.1 Å². The second-order valence-corrected chi connectivity index (χ2v) is 8.39. The van der Waals surface area contributed by atoms with Crippen molar-refractivity contribution < 1.29 is 27.4 Å². The van der Waals surface area contributed by atoms with Crippen molar-refractivity contribution in [3.63, 3.8) is 0 Å². The minimum Gasteiger partial charge on any atom is -0.490 e. The summed E-state index contributed by atoms with van der Waals surface area (Å²) in [6.45, 7) is 1.64. The van der Waals surface area contributed by atoms with Crippen LogP contribution in [0.2, 0.25) is 0 Å². The summed E-state index contributed by atoms with van der Waals surface area (Å²) in [6, 6.07) is 4.71. The first-order valence-electron chi connectivity index (χ1n) is 8.99. The molecule has 0 spiro atoms. The molecule has 0 radical (unpaired) electrons. The summed E-state index contributed by atoms with van der Waals surface area (Å²) in [7, 11) is -2.17. The Morgan fingerprint density at radius 1 is 1.14 bits per heavy atom. The predicted molar refractivity (Wildman–Crippen MR) is 98.4 cm³/mol. The van der Waals surface area contributed by atoms with Crippen LogP contribution < -0.4 is 18.9 Å². The molecule has 1 atom stereocenters. The fourth-order valence-electron chi connectivity index (χ4n) is 3.12. The lowest BCUT2D eigenvalue weighted by Crippen LogP contribution is -2.31. The maximum Gasteiger partial charge on any atom is 0.243 e. The van der Waals surface area contributed by atoms with Crippen LogP contribution in [0, 0.1) is 0 Å². The number of aromatic nitrogens is 2. The van der Waals surface area contributed by atoms with Gasteiger partial charge in [-0.3, -0.25) is 4.98 Å². The Balaban J connectivity index is 1.47. The molecule has 0 N–H and O–H groups in total. The molecule has 0 amide bonds. The number of hydrogen-bond acceptors (Lipinski definition) is 8. The number of fused-ring (bicyclic) bond motifs is 1. The molecule has 4 rings (SSSR count). The highest BCUT2D eigenvalue weighted by Crippen LogP contribution is 2.33. The lowest BCUT2D eigenvalue weighted by atomic mass is 10.3. The highest BCUT2D eigenvalue weighted by molar-refractivity contribution is 7.89. The van der Waals surface area contributed by atoms with Crippen molar-refractivity contribution in [3.05, 3.63) is 30.6 Å². The van der Waals surface area contributed by atoms with Crippen molar-refractivity contribution in [1.82, 2.24) is 14.3 Å². The summed E-state index contributed by atoms with van der Waals surface area (Å²) in [6.07, 6.45) is 3.96. The van der Waals surface area contributed by atoms with Gasteiger partial charge < -0.3 is 18.9 Å². The molecule has 0 saturated carbocycles. The lowest BCUT2D eigenvalue weighted by molar-refractivity contribution is 0.203. The molecular formula is C18H21N3O6S. The molecule has 0 aliphatic carbocycles. The Morgan fingerprint density at radius 3 is 2.75 bits per heavy atom. The molecule has 1 aromatic heterocycles. The van der Waals surface area contributed by atoms with Gasteiger partial charge in [0.05, 0.1) is 44.2 Å². The van der Waals surface area contributed by atoms with Crippen LogP contribution in [0.25, 0.3) is 0 Å². The zero-order valence-electron chi connectivity index (χ0n) is 15.4. The Morgan fingerprint density at radius 2 is 1.93 bits per heavy atom. The van der Waals surface area contributed by atoms with Crippen LogP contribution in [-0.4, -0.2) is 62.2 Å². The normalized spacial score (nSPS) is 19.8. The molecular weight excluding hydrogens is 386 g/mol. The molecule has 1 unspecified atom stereocenters. The monoisotopic (exact) mass is 407 g/mol. The summed E-state index contributed by atoms with van der Waals surface area (Å²) < 4.78 is 49.5. The van der Waals surface area contributed by atoms with Gasteiger partial charge in [-0.05, 0) is 18.6 Å². The van der Waals surface area contributed by atoms with Crippen LogP contribution in [0.3, 0.4) is 0 Å². The van der Waals surface area contributed by atoms with E-state index in [-0.39, 0.29) is 17.5 Å². The topological polar surface area (TPSA) is 100 Å². The Labute approximate surface area is 163 Å². The molecule has 1 aromatic carbocycles. The van der Waals surface area contributed by atoms with E-state index in [1.807, 2.05) is 0 Å². The summed E-state index contributed by atoms with van der Waals surface area (Å²) in [4.78, 5) is 8.32. The van der Waals surface area contributed by atoms with Crippen LogP contribution in [0.1, 0.15) is 12.8 Å². The van der Waals surface area contributed by atoms with Gasteiger partial charge in [-0.2, -0.15) is 9.29 Å². The van der Waals surface area contributed by atoms with E-state index in [0.717, 1.165) is 6.42 Å². The standard InChI is InChI=1S/C18H21N3O6S/c1-24-17-10-19-11-18(20-17)27-13-5-6-21(12-13)28(22,23)14-3-4-15-16(9-14)26-8-2-7-25-15/h3-4,9-11,13H,2,5-8,12H2,1H3. The van der Waals surface area contributed by atoms with Gasteiger partial charge in [-0.15, -0.1) is 0 Å². The average molecular weight is 407 g/mol. The maximum atomic E-state index is 13.0. The fourth-order valence-corrected chi connectivity index (χ4v) is 4.62. The van der Waals surface area contributed by atoms with E-state index in [0.29, 0.717) is 49.4 Å². The third-order valence-corrected chi connectivity index (χ3v) is 6.41. The summed E-state index contributed by atoms with van der Waals surface area (Å²) in [5.74, 6) is 1.67. The lowest BCUT2D eigenvalue weighted by Gasteiger charge is -2.18. The summed E-state index contributed by atoms with van der Waals surface area (Å²) in [5.41, 5.74) is 0. The average Bonchev–Trinajstić information content (AvgIpc) is 3.05. The molecule has 9 nitrogen and oxygen atoms in total. The van der Waals surface area contributed by atoms with E-state index in [4.69, 9.17) is 18.9 Å². The van der Waals surface area contributed by atoms with Crippen molar-refractivity contribution in [2.45, 2.75) is 23.8 Å². The second kappa shape index (κ2) is 7.80. The number of nitrogens with zero attached hydrogens (tertiary/aromatic N) is 3. The molecule has 2 aliphatic rings. The van der Waals surface area contributed by atoms with Crippen LogP contribution in [0.5, 0.6) is 23.3 Å². The van der Waals surface area contributed by atoms with Gasteiger partial charge in [0.15, 0.2) is 11.5 Å². The van der Waals surface area contributed by atoms with Gasteiger partial charge >= 0.3 is 0 Å². The molecule has 0 bridgehead atoms. The molecule has 3 heterocycles. The SMILES string of the molecule is COc1cncc(OC2CCN(S(=O)(=O)c3ccc4c(c3)OCCCO4)C2)n1. The van der Waals surface area contributed by atoms with Crippen LogP contribution in [-0.2, 0) is 10.0 Å². The number of rotatable bonds is 5. The first-order valence-corrected chi connectivity index (χ1v) is 10.4. The molecule has 2 aliphatic heterocycles. The predicted octanol–water partition coefficient (Wildman–Crippen LogP) is 1.49. The van der Waals surface area contributed by atoms with E-state index in [1.165, 1.54) is 29.9 Å². The second-order valence-electron chi connectivity index (χ2n) is 6.45. The van der Waals surface area contributed by atoms with Gasteiger partial charge in [0.1, 0.15) is 6.10 Å². The van der Waals surface area contributed by atoms with Gasteiger partial charge in [-0.1, -0.05) is 0 Å². The van der Waals surface area contributed by atoms with E-state index in [2.05, 4.69) is 9.97 Å². The fraction of sp³-hybridized carbons (Fsp3) is 0.444. The molecule has 1 fully saturated rings. The molecule has 10 heteroatoms. The van der Waals surface area contributed by atoms with Crippen molar-refractivity contribution in [2.75, 3.05) is 33.4 Å². The maximum absolute atomic E-state index is 13.0. The van der Waals surface area contributed by atoms with Crippen molar-refractivity contribution in [2.24, 2.45) is 0 Å². The van der Waals surface area contributed by atoms with Crippen molar-refractivity contribution in [1.29, 1.82) is 0 Å². The molecule has 2 aromatic rings. The van der Waals surface area contributed by atoms with Gasteiger partial charge in [0.2, 0.25) is 21.8 Å². The number of ether oxygens (including phenoxy) is 4. The van der Waals surface area contributed by atoms with Crippen LogP contribution in [0.15, 0.2) is 35.5 Å². The summed E-state index contributed by atoms with van der Waals surface area (Å²) >= 11 is 0. The number of hydrogen-bond donors (Lipinski definition) is 0. The van der Waals surface area contributed by atoms with E-state index >= 15 is 0 Å². The van der Waals surface area contributed by atoms with Gasteiger partial charge in [-0.25, -0.2) is 8.42 Å². The molecule has 1 saturated heterocycles. The Hall–Kier alpha value is -2.59. The number of methoxy groups -OCH3 is 1. The highest BCUT2D eigenvalue weighted by Gasteiger charge is 2.34. The minimum atomic E-state index is -3.67. The van der Waals surface area contributed by atoms with Crippen molar-refractivity contribution in [3.8, 4) is 23.3 Å². The van der Waals surface area contributed by atoms with Crippen molar-refractivity contribution >= 4 is 10.0 Å². The first-order chi connectivity index (χ1) is 13.6. The van der Waals surface area contributed by atoms with Gasteiger partial charge in [0.25, 0.3) is 0 Å². The summed E-state index contributed by atoms with van der Waals surface area (Å²) in [5, 5.41) is 0. The smallest absolute Gasteiger partial charge is 0.243 e. The minimum absolute atomic E-state index is 0.179. The Bertz CT molecular complexity index is 952. The zero-order valence-corrected chi connectivity index (χ0v) is 16.2. The molecule has 150 valence electrons. The van der Waals surface area contributed by atoms with E-state index in [9.17, 15) is 8.42 Å². The van der Waals surface area contributed by atoms with Crippen LogP contribution in [0.4, 0.5) is 0 Å². The number of benzene rings is 1.